The SMILES string of the molecule is C=C(Br)/C=N\N(C)C(C=C(NC)NC)=NCc1cccnc1. The van der Waals surface area contributed by atoms with Crippen molar-refractivity contribution in [2.75, 3.05) is 21.1 Å². The molecule has 0 spiro atoms. The Bertz CT molecular complexity index is 559. The van der Waals surface area contributed by atoms with Crippen LogP contribution in [0.5, 0.6) is 0 Å². The van der Waals surface area contributed by atoms with E-state index in [2.05, 4.69) is 48.2 Å². The Morgan fingerprint density at radius 2 is 2.18 bits per heavy atom. The summed E-state index contributed by atoms with van der Waals surface area (Å²) in [6, 6.07) is 3.88. The minimum absolute atomic E-state index is 0.523. The largest absolute Gasteiger partial charge is 0.375 e. The van der Waals surface area contributed by atoms with Crippen LogP contribution >= 0.6 is 15.9 Å². The predicted molar refractivity (Wildman–Crippen MR) is 95.9 cm³/mol. The number of aromatic nitrogens is 1. The van der Waals surface area contributed by atoms with E-state index >= 15 is 0 Å². The molecule has 0 fully saturated rings. The maximum atomic E-state index is 4.60. The number of halogens is 1. The van der Waals surface area contributed by atoms with Gasteiger partial charge in [-0.05, 0) is 27.6 Å². The Morgan fingerprint density at radius 1 is 1.45 bits per heavy atom. The third kappa shape index (κ3) is 6.53. The number of nitrogens with one attached hydrogen (secondary N) is 2. The van der Waals surface area contributed by atoms with E-state index in [0.717, 1.165) is 11.4 Å². The summed E-state index contributed by atoms with van der Waals surface area (Å²) >= 11 is 3.25. The van der Waals surface area contributed by atoms with Gasteiger partial charge in [-0.3, -0.25) is 15.0 Å². The van der Waals surface area contributed by atoms with E-state index < -0.39 is 0 Å². The number of aliphatic imine (C=N–C) groups is 1. The molecule has 6 nitrogen and oxygen atoms in total. The lowest BCUT2D eigenvalue weighted by Gasteiger charge is -2.15. The zero-order chi connectivity index (χ0) is 16.4. The van der Waals surface area contributed by atoms with Crippen LogP contribution in [0.15, 0.2) is 57.6 Å². The van der Waals surface area contributed by atoms with Gasteiger partial charge in [0.25, 0.3) is 0 Å². The van der Waals surface area contributed by atoms with Gasteiger partial charge in [-0.25, -0.2) is 0 Å². The molecule has 118 valence electrons. The second kappa shape index (κ2) is 9.73. The van der Waals surface area contributed by atoms with Crippen molar-refractivity contribution in [3.05, 3.63) is 53.0 Å². The van der Waals surface area contributed by atoms with Crippen LogP contribution < -0.4 is 10.6 Å². The van der Waals surface area contributed by atoms with Gasteiger partial charge in [-0.2, -0.15) is 5.10 Å². The molecule has 0 amide bonds. The number of amidine groups is 1. The minimum Gasteiger partial charge on any atom is -0.375 e. The van der Waals surface area contributed by atoms with Crippen molar-refractivity contribution in [1.82, 2.24) is 20.6 Å². The van der Waals surface area contributed by atoms with E-state index in [0.29, 0.717) is 16.9 Å². The fourth-order valence-electron chi connectivity index (χ4n) is 1.51. The van der Waals surface area contributed by atoms with Crippen LogP contribution in [0.2, 0.25) is 0 Å². The molecule has 0 aromatic carbocycles. The molecule has 22 heavy (non-hydrogen) atoms. The quantitative estimate of drug-likeness (QED) is 0.441. The third-order valence-electron chi connectivity index (χ3n) is 2.66. The fourth-order valence-corrected chi connectivity index (χ4v) is 1.60. The second-order valence-electron chi connectivity index (χ2n) is 4.31. The summed E-state index contributed by atoms with van der Waals surface area (Å²) in [5.41, 5.74) is 1.03. The summed E-state index contributed by atoms with van der Waals surface area (Å²) < 4.78 is 0.692. The number of hydrazone groups is 1. The first-order valence-electron chi connectivity index (χ1n) is 6.69. The summed E-state index contributed by atoms with van der Waals surface area (Å²) in [7, 11) is 5.50. The van der Waals surface area contributed by atoms with Gasteiger partial charge in [0, 0.05) is 44.1 Å². The molecule has 1 heterocycles. The van der Waals surface area contributed by atoms with Crippen molar-refractivity contribution in [3.63, 3.8) is 0 Å². The van der Waals surface area contributed by atoms with Crippen molar-refractivity contribution in [1.29, 1.82) is 0 Å². The molecular weight excluding hydrogens is 344 g/mol. The molecule has 7 heteroatoms. The van der Waals surface area contributed by atoms with E-state index in [-0.39, 0.29) is 0 Å². The summed E-state index contributed by atoms with van der Waals surface area (Å²) in [6.07, 6.45) is 7.04. The van der Waals surface area contributed by atoms with Crippen molar-refractivity contribution >= 4 is 28.0 Å². The normalized spacial score (nSPS) is 11.2. The van der Waals surface area contributed by atoms with E-state index in [1.54, 1.807) is 23.6 Å². The highest BCUT2D eigenvalue weighted by Gasteiger charge is 2.04. The first-order chi connectivity index (χ1) is 10.6. The van der Waals surface area contributed by atoms with Crippen molar-refractivity contribution < 1.29 is 0 Å². The smallest absolute Gasteiger partial charge is 0.147 e. The number of likely N-dealkylation sites (N-methyl/N-ethyl adjacent to an activating group) is 1. The van der Waals surface area contributed by atoms with Crippen molar-refractivity contribution in [2.24, 2.45) is 10.1 Å². The maximum absolute atomic E-state index is 4.60. The van der Waals surface area contributed by atoms with Crippen LogP contribution in [0.4, 0.5) is 0 Å². The number of allylic oxidation sites excluding steroid dienone is 1. The Labute approximate surface area is 139 Å². The zero-order valence-corrected chi connectivity index (χ0v) is 14.6. The monoisotopic (exact) mass is 364 g/mol. The lowest BCUT2D eigenvalue weighted by atomic mass is 10.3. The van der Waals surface area contributed by atoms with Gasteiger partial charge >= 0.3 is 0 Å². The lowest BCUT2D eigenvalue weighted by Crippen LogP contribution is -2.26. The maximum Gasteiger partial charge on any atom is 0.147 e. The number of hydrogen-bond acceptors (Lipinski definition) is 5. The van der Waals surface area contributed by atoms with Crippen LogP contribution in [-0.2, 0) is 6.54 Å². The standard InChI is InChI=1S/C15H21BrN6/c1-12(16)9-21-22(4)15(8-14(17-2)18-3)20-11-13-6-5-7-19-10-13/h5-10,17-18H,1,11H2,2-4H3/b20-15?,21-9-. The predicted octanol–water partition coefficient (Wildman–Crippen LogP) is 2.09. The van der Waals surface area contributed by atoms with Gasteiger partial charge in [-0.1, -0.05) is 12.6 Å². The molecule has 0 radical (unpaired) electrons. The molecule has 0 unspecified atom stereocenters. The zero-order valence-electron chi connectivity index (χ0n) is 13.0. The van der Waals surface area contributed by atoms with Gasteiger partial charge in [0.2, 0.25) is 0 Å². The van der Waals surface area contributed by atoms with Crippen LogP contribution in [0.3, 0.4) is 0 Å². The van der Waals surface area contributed by atoms with Crippen LogP contribution in [0.1, 0.15) is 5.56 Å². The second-order valence-corrected chi connectivity index (χ2v) is 5.33. The first kappa shape index (κ1) is 17.9. The average molecular weight is 365 g/mol. The Kier molecular flexibility index (Phi) is 7.91. The van der Waals surface area contributed by atoms with Gasteiger partial charge in [-0.15, -0.1) is 0 Å². The molecule has 0 aliphatic carbocycles. The number of nitrogens with zero attached hydrogens (tertiary/aromatic N) is 4. The Morgan fingerprint density at radius 3 is 2.73 bits per heavy atom. The van der Waals surface area contributed by atoms with Crippen LogP contribution in [-0.4, -0.2) is 43.2 Å². The summed E-state index contributed by atoms with van der Waals surface area (Å²) in [4.78, 5) is 8.68. The van der Waals surface area contributed by atoms with E-state index in [4.69, 9.17) is 0 Å². The van der Waals surface area contributed by atoms with E-state index in [1.165, 1.54) is 0 Å². The van der Waals surface area contributed by atoms with Gasteiger partial charge < -0.3 is 10.6 Å². The minimum atomic E-state index is 0.523. The molecule has 0 saturated heterocycles. The van der Waals surface area contributed by atoms with Gasteiger partial charge in [0.15, 0.2) is 0 Å². The van der Waals surface area contributed by atoms with Crippen molar-refractivity contribution in [3.8, 4) is 0 Å². The Balaban J connectivity index is 2.99. The highest BCUT2D eigenvalue weighted by molar-refractivity contribution is 9.12. The molecule has 0 saturated carbocycles. The molecule has 1 rings (SSSR count). The molecular formula is C15H21BrN6. The third-order valence-corrected chi connectivity index (χ3v) is 2.87. The fraction of sp³-hybridized carbons (Fsp3) is 0.267. The molecule has 1 aromatic rings. The average Bonchev–Trinajstić information content (AvgIpc) is 2.54. The van der Waals surface area contributed by atoms with E-state index in [9.17, 15) is 0 Å². The molecule has 0 atom stereocenters. The highest BCUT2D eigenvalue weighted by atomic mass is 79.9. The molecule has 0 aliphatic heterocycles. The highest BCUT2D eigenvalue weighted by Crippen LogP contribution is 2.03. The summed E-state index contributed by atoms with van der Waals surface area (Å²) in [6.45, 7) is 4.25. The number of pyridine rings is 1. The lowest BCUT2D eigenvalue weighted by molar-refractivity contribution is 0.546. The van der Waals surface area contributed by atoms with Crippen molar-refractivity contribution in [2.45, 2.75) is 6.54 Å². The number of hydrogen-bond donors (Lipinski definition) is 2. The number of rotatable bonds is 7. The molecule has 1 aromatic heterocycles. The summed E-state index contributed by atoms with van der Waals surface area (Å²) in [5, 5.41) is 12.1. The van der Waals surface area contributed by atoms with Gasteiger partial charge in [0.1, 0.15) is 11.7 Å². The van der Waals surface area contributed by atoms with Crippen LogP contribution in [0, 0.1) is 0 Å². The Hall–Kier alpha value is -2.15. The molecule has 2 N–H and O–H groups in total. The molecule has 0 bridgehead atoms. The van der Waals surface area contributed by atoms with Gasteiger partial charge in [0.05, 0.1) is 12.8 Å². The summed E-state index contributed by atoms with van der Waals surface area (Å²) in [5.74, 6) is 1.54. The first-order valence-corrected chi connectivity index (χ1v) is 7.48. The van der Waals surface area contributed by atoms with E-state index in [1.807, 2.05) is 39.4 Å². The topological polar surface area (TPSA) is 64.9 Å². The van der Waals surface area contributed by atoms with Crippen LogP contribution in [0.25, 0.3) is 0 Å². The molecule has 0 aliphatic rings.